The van der Waals surface area contributed by atoms with Crippen LogP contribution in [0.5, 0.6) is 0 Å². The molecule has 3 aromatic carbocycles. The molecule has 8 heteroatoms. The SMILES string of the molecule is FC(F)(F)c1ccc(P(C2=CC=CC2C=NCc2ccccc2)c2ccc(C(F)(F)F)cc2)cc1. The molecular formula is C27H20F6NP. The molecule has 0 saturated heterocycles. The molecule has 3 aromatic rings. The van der Waals surface area contributed by atoms with E-state index in [1.807, 2.05) is 48.6 Å². The Morgan fingerprint density at radius 3 is 1.71 bits per heavy atom. The zero-order chi connectivity index (χ0) is 25.1. The van der Waals surface area contributed by atoms with Gasteiger partial charge in [0.2, 0.25) is 0 Å². The first kappa shape index (κ1) is 24.9. The van der Waals surface area contributed by atoms with Crippen molar-refractivity contribution in [3.63, 3.8) is 0 Å². The summed E-state index contributed by atoms with van der Waals surface area (Å²) in [5, 5.41) is 2.12. The summed E-state index contributed by atoms with van der Waals surface area (Å²) < 4.78 is 78.6. The number of rotatable bonds is 6. The van der Waals surface area contributed by atoms with Gasteiger partial charge in [0, 0.05) is 12.1 Å². The monoisotopic (exact) mass is 503 g/mol. The minimum atomic E-state index is -4.48. The highest BCUT2D eigenvalue weighted by molar-refractivity contribution is 7.76. The van der Waals surface area contributed by atoms with E-state index < -0.39 is 31.4 Å². The predicted molar refractivity (Wildman–Crippen MR) is 128 cm³/mol. The molecule has 0 radical (unpaired) electrons. The van der Waals surface area contributed by atoms with Gasteiger partial charge in [-0.05, 0) is 53.7 Å². The Bertz CT molecular complexity index is 1170. The van der Waals surface area contributed by atoms with Gasteiger partial charge in [-0.25, -0.2) is 0 Å². The van der Waals surface area contributed by atoms with Crippen LogP contribution >= 0.6 is 7.92 Å². The normalized spacial score (nSPS) is 16.3. The molecule has 1 aliphatic rings. The maximum atomic E-state index is 13.1. The number of hydrogen-bond acceptors (Lipinski definition) is 1. The quantitative estimate of drug-likeness (QED) is 0.188. The van der Waals surface area contributed by atoms with Crippen LogP contribution in [0.2, 0.25) is 0 Å². The molecule has 0 heterocycles. The minimum Gasteiger partial charge on any atom is -0.292 e. The van der Waals surface area contributed by atoms with Crippen LogP contribution in [0.3, 0.4) is 0 Å². The third kappa shape index (κ3) is 6.09. The number of hydrogen-bond donors (Lipinski definition) is 0. The number of allylic oxidation sites excluding steroid dienone is 4. The van der Waals surface area contributed by atoms with Gasteiger partial charge in [-0.15, -0.1) is 0 Å². The summed E-state index contributed by atoms with van der Waals surface area (Å²) >= 11 is 0. The van der Waals surface area contributed by atoms with Crippen LogP contribution in [-0.2, 0) is 18.9 Å². The molecule has 1 aliphatic carbocycles. The van der Waals surface area contributed by atoms with Gasteiger partial charge in [0.05, 0.1) is 17.7 Å². The molecule has 1 unspecified atom stereocenters. The van der Waals surface area contributed by atoms with Crippen molar-refractivity contribution in [1.82, 2.24) is 0 Å². The van der Waals surface area contributed by atoms with Crippen LogP contribution in [-0.4, -0.2) is 6.21 Å². The molecule has 0 bridgehead atoms. The van der Waals surface area contributed by atoms with Gasteiger partial charge in [0.1, 0.15) is 0 Å². The first-order valence-electron chi connectivity index (χ1n) is 10.7. The topological polar surface area (TPSA) is 12.4 Å². The maximum Gasteiger partial charge on any atom is 0.416 e. The highest BCUT2D eigenvalue weighted by Gasteiger charge is 2.33. The lowest BCUT2D eigenvalue weighted by atomic mass is 10.2. The van der Waals surface area contributed by atoms with Crippen LogP contribution in [0.1, 0.15) is 16.7 Å². The zero-order valence-electron chi connectivity index (χ0n) is 18.3. The minimum absolute atomic E-state index is 0.214. The summed E-state index contributed by atoms with van der Waals surface area (Å²) in [4.78, 5) is 4.53. The van der Waals surface area contributed by atoms with Crippen molar-refractivity contribution in [2.24, 2.45) is 10.9 Å². The van der Waals surface area contributed by atoms with E-state index in [1.165, 1.54) is 24.3 Å². The molecule has 0 aromatic heterocycles. The van der Waals surface area contributed by atoms with Crippen molar-refractivity contribution in [1.29, 1.82) is 0 Å². The fraction of sp³-hybridized carbons (Fsp3) is 0.148. The largest absolute Gasteiger partial charge is 0.416 e. The Balaban J connectivity index is 1.67. The third-order valence-corrected chi connectivity index (χ3v) is 8.07. The van der Waals surface area contributed by atoms with Crippen molar-refractivity contribution >= 4 is 24.7 Å². The Morgan fingerprint density at radius 2 is 1.23 bits per heavy atom. The van der Waals surface area contributed by atoms with Crippen molar-refractivity contribution in [3.05, 3.63) is 119 Å². The average Bonchev–Trinajstić information content (AvgIpc) is 3.27. The Kier molecular flexibility index (Phi) is 7.27. The van der Waals surface area contributed by atoms with E-state index in [-0.39, 0.29) is 5.92 Å². The maximum absolute atomic E-state index is 13.1. The molecule has 0 fully saturated rings. The van der Waals surface area contributed by atoms with Crippen LogP contribution in [0.4, 0.5) is 26.3 Å². The molecule has 0 aliphatic heterocycles. The highest BCUT2D eigenvalue weighted by atomic mass is 31.1. The standard InChI is InChI=1S/C27H20F6NP/c28-26(29,30)21-9-13-23(14-10-21)35(24-15-11-22(12-16-24)27(31,32)33)25-8-4-7-20(25)18-34-17-19-5-2-1-3-6-19/h1-16,18,20H,17H2. The van der Waals surface area contributed by atoms with Crippen molar-refractivity contribution in [3.8, 4) is 0 Å². The van der Waals surface area contributed by atoms with Gasteiger partial charge in [0.15, 0.2) is 0 Å². The molecular weight excluding hydrogens is 483 g/mol. The Morgan fingerprint density at radius 1 is 0.714 bits per heavy atom. The van der Waals surface area contributed by atoms with Crippen LogP contribution < -0.4 is 10.6 Å². The lowest BCUT2D eigenvalue weighted by Gasteiger charge is -2.24. The number of benzene rings is 3. The molecule has 0 N–H and O–H groups in total. The smallest absolute Gasteiger partial charge is 0.292 e. The van der Waals surface area contributed by atoms with E-state index in [2.05, 4.69) is 4.99 Å². The number of alkyl halides is 6. The summed E-state index contributed by atoms with van der Waals surface area (Å²) in [6.07, 6.45) is -1.52. The summed E-state index contributed by atoms with van der Waals surface area (Å²) in [5.74, 6) is -0.214. The molecule has 180 valence electrons. The summed E-state index contributed by atoms with van der Waals surface area (Å²) in [6, 6.07) is 19.3. The van der Waals surface area contributed by atoms with Gasteiger partial charge in [-0.3, -0.25) is 4.99 Å². The lowest BCUT2D eigenvalue weighted by molar-refractivity contribution is -0.138. The van der Waals surface area contributed by atoms with Crippen LogP contribution in [0, 0.1) is 5.92 Å². The lowest BCUT2D eigenvalue weighted by Crippen LogP contribution is -2.18. The van der Waals surface area contributed by atoms with E-state index in [1.54, 1.807) is 6.21 Å². The number of nitrogens with zero attached hydrogens (tertiary/aromatic N) is 1. The summed E-state index contributed by atoms with van der Waals surface area (Å²) in [5.41, 5.74) is -0.518. The van der Waals surface area contributed by atoms with Gasteiger partial charge >= 0.3 is 12.4 Å². The Labute approximate surface area is 200 Å². The molecule has 1 nitrogen and oxygen atoms in total. The van der Waals surface area contributed by atoms with Gasteiger partial charge in [-0.2, -0.15) is 26.3 Å². The Hall–Kier alpha value is -3.18. The van der Waals surface area contributed by atoms with Gasteiger partial charge in [0.25, 0.3) is 0 Å². The molecule has 0 spiro atoms. The van der Waals surface area contributed by atoms with Crippen molar-refractivity contribution < 1.29 is 26.3 Å². The second-order valence-electron chi connectivity index (χ2n) is 7.90. The first-order chi connectivity index (χ1) is 16.6. The summed E-state index contributed by atoms with van der Waals surface area (Å²) in [7, 11) is -1.39. The van der Waals surface area contributed by atoms with E-state index >= 15 is 0 Å². The average molecular weight is 503 g/mol. The van der Waals surface area contributed by atoms with Crippen molar-refractivity contribution in [2.45, 2.75) is 18.9 Å². The molecule has 1 atom stereocenters. The highest BCUT2D eigenvalue weighted by Crippen LogP contribution is 2.49. The molecule has 0 saturated carbocycles. The molecule has 4 rings (SSSR count). The summed E-state index contributed by atoms with van der Waals surface area (Å²) in [6.45, 7) is 0.469. The van der Waals surface area contributed by atoms with Crippen molar-refractivity contribution in [2.75, 3.05) is 0 Å². The van der Waals surface area contributed by atoms with Crippen LogP contribution in [0.25, 0.3) is 0 Å². The second kappa shape index (κ2) is 10.2. The molecule has 0 amide bonds. The molecule has 35 heavy (non-hydrogen) atoms. The van der Waals surface area contributed by atoms with E-state index in [4.69, 9.17) is 0 Å². The van der Waals surface area contributed by atoms with Gasteiger partial charge < -0.3 is 0 Å². The van der Waals surface area contributed by atoms with E-state index in [9.17, 15) is 26.3 Å². The number of halogens is 6. The zero-order valence-corrected chi connectivity index (χ0v) is 19.2. The van der Waals surface area contributed by atoms with E-state index in [0.717, 1.165) is 35.1 Å². The van der Waals surface area contributed by atoms with E-state index in [0.29, 0.717) is 17.2 Å². The predicted octanol–water partition coefficient (Wildman–Crippen LogP) is 7.50. The second-order valence-corrected chi connectivity index (χ2v) is 10.1. The number of aliphatic imine (C=N–C) groups is 1. The first-order valence-corrected chi connectivity index (χ1v) is 12.0. The van der Waals surface area contributed by atoms with Crippen LogP contribution in [0.15, 0.2) is 107 Å². The van der Waals surface area contributed by atoms with Gasteiger partial charge in [-0.1, -0.05) is 72.8 Å². The fourth-order valence-electron chi connectivity index (χ4n) is 3.73. The fourth-order valence-corrected chi connectivity index (χ4v) is 6.21. The third-order valence-electron chi connectivity index (χ3n) is 5.47.